The van der Waals surface area contributed by atoms with Gasteiger partial charge in [0.15, 0.2) is 0 Å². The molecule has 1 aromatic rings. The highest BCUT2D eigenvalue weighted by Crippen LogP contribution is 2.15. The molecule has 1 rings (SSSR count). The second-order valence-corrected chi connectivity index (χ2v) is 3.73. The molecule has 0 radical (unpaired) electrons. The molecule has 0 spiro atoms. The molecule has 0 unspecified atom stereocenters. The molecule has 0 bridgehead atoms. The maximum Gasteiger partial charge on any atom is 0.254 e. The number of hydrogen-bond acceptors (Lipinski definition) is 2. The molecule has 1 amide bonds. The summed E-state index contributed by atoms with van der Waals surface area (Å²) in [5, 5.41) is 5.87. The van der Waals surface area contributed by atoms with Gasteiger partial charge in [0.25, 0.3) is 5.91 Å². The Labute approximate surface area is 96.2 Å². The number of para-hydroxylation sites is 1. The molecule has 2 N–H and O–H groups in total. The second-order valence-electron chi connectivity index (χ2n) is 3.73. The van der Waals surface area contributed by atoms with Gasteiger partial charge in [0.2, 0.25) is 0 Å². The van der Waals surface area contributed by atoms with Gasteiger partial charge in [0.1, 0.15) is 0 Å². The summed E-state index contributed by atoms with van der Waals surface area (Å²) in [7, 11) is 0. The van der Waals surface area contributed by atoms with Crippen LogP contribution in [0.25, 0.3) is 0 Å². The van der Waals surface area contributed by atoms with Gasteiger partial charge in [-0.25, -0.2) is 0 Å². The molecule has 0 aliphatic heterocycles. The van der Waals surface area contributed by atoms with E-state index in [2.05, 4.69) is 16.6 Å². The minimum Gasteiger partial charge on any atom is -0.382 e. The van der Waals surface area contributed by atoms with Crippen LogP contribution in [-0.2, 0) is 0 Å². The average Bonchev–Trinajstić information content (AvgIpc) is 2.26. The van der Waals surface area contributed by atoms with E-state index in [0.717, 1.165) is 5.69 Å². The van der Waals surface area contributed by atoms with Gasteiger partial charge < -0.3 is 10.6 Å². The number of benzene rings is 1. The zero-order valence-corrected chi connectivity index (χ0v) is 9.58. The highest BCUT2D eigenvalue weighted by atomic mass is 16.1. The van der Waals surface area contributed by atoms with E-state index in [9.17, 15) is 4.79 Å². The maximum absolute atomic E-state index is 11.8. The monoisotopic (exact) mass is 216 g/mol. The molecule has 0 saturated heterocycles. The van der Waals surface area contributed by atoms with Crippen molar-refractivity contribution in [3.8, 4) is 12.3 Å². The normalized spacial score (nSPS) is 9.62. The van der Waals surface area contributed by atoms with Crippen molar-refractivity contribution in [2.75, 3.05) is 11.9 Å². The van der Waals surface area contributed by atoms with Gasteiger partial charge in [-0.1, -0.05) is 18.1 Å². The van der Waals surface area contributed by atoms with Crippen molar-refractivity contribution in [3.63, 3.8) is 0 Å². The number of carbonyl (C=O) groups excluding carboxylic acids is 1. The van der Waals surface area contributed by atoms with E-state index in [1.54, 1.807) is 6.07 Å². The quantitative estimate of drug-likeness (QED) is 0.754. The molecule has 1 aromatic carbocycles. The van der Waals surface area contributed by atoms with Crippen molar-refractivity contribution < 1.29 is 4.79 Å². The van der Waals surface area contributed by atoms with Crippen molar-refractivity contribution in [3.05, 3.63) is 29.8 Å². The van der Waals surface area contributed by atoms with Crippen molar-refractivity contribution in [1.29, 1.82) is 0 Å². The molecule has 84 valence electrons. The highest BCUT2D eigenvalue weighted by molar-refractivity contribution is 5.99. The van der Waals surface area contributed by atoms with E-state index in [-0.39, 0.29) is 18.5 Å². The van der Waals surface area contributed by atoms with Crippen molar-refractivity contribution in [2.24, 2.45) is 0 Å². The Bertz CT molecular complexity index is 405. The molecule has 0 saturated carbocycles. The topological polar surface area (TPSA) is 41.1 Å². The van der Waals surface area contributed by atoms with Gasteiger partial charge in [-0.05, 0) is 26.0 Å². The summed E-state index contributed by atoms with van der Waals surface area (Å²) < 4.78 is 0. The number of anilines is 1. The number of nitrogens with one attached hydrogen (secondary N) is 2. The van der Waals surface area contributed by atoms with Crippen LogP contribution in [0, 0.1) is 12.3 Å². The lowest BCUT2D eigenvalue weighted by atomic mass is 10.1. The van der Waals surface area contributed by atoms with Crippen LogP contribution in [0.4, 0.5) is 5.69 Å². The fourth-order valence-corrected chi connectivity index (χ4v) is 1.34. The minimum absolute atomic E-state index is 0.151. The lowest BCUT2D eigenvalue weighted by Crippen LogP contribution is -2.25. The van der Waals surface area contributed by atoms with E-state index in [1.807, 2.05) is 32.0 Å². The van der Waals surface area contributed by atoms with Crippen LogP contribution in [0.1, 0.15) is 24.2 Å². The van der Waals surface area contributed by atoms with E-state index in [1.165, 1.54) is 0 Å². The fourth-order valence-electron chi connectivity index (χ4n) is 1.34. The molecule has 0 aliphatic rings. The fraction of sp³-hybridized carbons (Fsp3) is 0.308. The molecule has 16 heavy (non-hydrogen) atoms. The van der Waals surface area contributed by atoms with Gasteiger partial charge in [-0.3, -0.25) is 4.79 Å². The summed E-state index contributed by atoms with van der Waals surface area (Å²) in [6.45, 7) is 4.29. The standard InChI is InChI=1S/C13H16N2O/c1-4-9-14-13(16)11-7-5-6-8-12(11)15-10(2)3/h1,5-8,10,15H,9H2,2-3H3,(H,14,16). The van der Waals surface area contributed by atoms with Crippen LogP contribution in [0.2, 0.25) is 0 Å². The molecule has 0 aliphatic carbocycles. The van der Waals surface area contributed by atoms with Crippen LogP contribution < -0.4 is 10.6 Å². The van der Waals surface area contributed by atoms with Gasteiger partial charge in [-0.2, -0.15) is 0 Å². The lowest BCUT2D eigenvalue weighted by Gasteiger charge is -2.13. The van der Waals surface area contributed by atoms with Gasteiger partial charge in [0, 0.05) is 11.7 Å². The molecule has 3 nitrogen and oxygen atoms in total. The number of amides is 1. The Balaban J connectivity index is 2.86. The number of hydrogen-bond donors (Lipinski definition) is 2. The molecule has 3 heteroatoms. The molecule has 0 atom stereocenters. The third-order valence-electron chi connectivity index (χ3n) is 1.97. The maximum atomic E-state index is 11.8. The predicted molar refractivity (Wildman–Crippen MR) is 66.4 cm³/mol. The third kappa shape index (κ3) is 3.32. The molecule has 0 fully saturated rings. The zero-order chi connectivity index (χ0) is 12.0. The SMILES string of the molecule is C#CCNC(=O)c1ccccc1NC(C)C. The molecule has 0 aromatic heterocycles. The predicted octanol–water partition coefficient (Wildman–Crippen LogP) is 1.87. The molecular weight excluding hydrogens is 200 g/mol. The van der Waals surface area contributed by atoms with Crippen molar-refractivity contribution in [1.82, 2.24) is 5.32 Å². The highest BCUT2D eigenvalue weighted by Gasteiger charge is 2.10. The first-order valence-corrected chi connectivity index (χ1v) is 5.22. The summed E-state index contributed by atoms with van der Waals surface area (Å²) in [6, 6.07) is 7.65. The van der Waals surface area contributed by atoms with Gasteiger partial charge in [-0.15, -0.1) is 6.42 Å². The largest absolute Gasteiger partial charge is 0.382 e. The Hall–Kier alpha value is -1.95. The molecule has 0 heterocycles. The first-order valence-electron chi connectivity index (χ1n) is 5.22. The Morgan fingerprint density at radius 3 is 2.75 bits per heavy atom. The Kier molecular flexibility index (Phi) is 4.41. The summed E-state index contributed by atoms with van der Waals surface area (Å²) in [5.74, 6) is 2.23. The average molecular weight is 216 g/mol. The van der Waals surface area contributed by atoms with Crippen LogP contribution >= 0.6 is 0 Å². The number of terminal acetylenes is 1. The van der Waals surface area contributed by atoms with Crippen LogP contribution in [0.5, 0.6) is 0 Å². The molecular formula is C13H16N2O. The van der Waals surface area contributed by atoms with Crippen LogP contribution in [0.15, 0.2) is 24.3 Å². The number of rotatable bonds is 4. The van der Waals surface area contributed by atoms with E-state index < -0.39 is 0 Å². The van der Waals surface area contributed by atoms with E-state index >= 15 is 0 Å². The summed E-state index contributed by atoms with van der Waals surface area (Å²) >= 11 is 0. The smallest absolute Gasteiger partial charge is 0.254 e. The third-order valence-corrected chi connectivity index (χ3v) is 1.97. The lowest BCUT2D eigenvalue weighted by molar-refractivity contribution is 0.0959. The Morgan fingerprint density at radius 1 is 1.44 bits per heavy atom. The minimum atomic E-state index is -0.151. The van der Waals surface area contributed by atoms with Crippen molar-refractivity contribution in [2.45, 2.75) is 19.9 Å². The first kappa shape index (κ1) is 12.1. The zero-order valence-electron chi connectivity index (χ0n) is 9.58. The first-order chi connectivity index (χ1) is 7.65. The second kappa shape index (κ2) is 5.82. The summed E-state index contributed by atoms with van der Waals surface area (Å²) in [5.41, 5.74) is 1.44. The van der Waals surface area contributed by atoms with Crippen molar-refractivity contribution >= 4 is 11.6 Å². The Morgan fingerprint density at radius 2 is 2.12 bits per heavy atom. The number of carbonyl (C=O) groups is 1. The van der Waals surface area contributed by atoms with Gasteiger partial charge in [0.05, 0.1) is 12.1 Å². The summed E-state index contributed by atoms with van der Waals surface area (Å²) in [4.78, 5) is 11.8. The van der Waals surface area contributed by atoms with E-state index in [4.69, 9.17) is 6.42 Å². The summed E-state index contributed by atoms with van der Waals surface area (Å²) in [6.07, 6.45) is 5.09. The van der Waals surface area contributed by atoms with E-state index in [0.29, 0.717) is 5.56 Å². The van der Waals surface area contributed by atoms with Crippen LogP contribution in [0.3, 0.4) is 0 Å². The van der Waals surface area contributed by atoms with Gasteiger partial charge >= 0.3 is 0 Å². The van der Waals surface area contributed by atoms with Crippen LogP contribution in [-0.4, -0.2) is 18.5 Å².